The summed E-state index contributed by atoms with van der Waals surface area (Å²) in [7, 11) is 3.99. The van der Waals surface area contributed by atoms with Gasteiger partial charge in [-0.3, -0.25) is 4.79 Å². The van der Waals surface area contributed by atoms with Gasteiger partial charge in [0.15, 0.2) is 0 Å². The highest BCUT2D eigenvalue weighted by Crippen LogP contribution is 2.31. The van der Waals surface area contributed by atoms with Crippen LogP contribution < -0.4 is 16.0 Å². The number of hydrogen-bond donors (Lipinski definition) is 2. The maximum absolute atomic E-state index is 12.6. The van der Waals surface area contributed by atoms with Gasteiger partial charge in [0.25, 0.3) is 0 Å². The number of amides is 1. The summed E-state index contributed by atoms with van der Waals surface area (Å²) in [6, 6.07) is 5.95. The normalized spacial score (nSPS) is 17.3. The minimum Gasteiger partial charge on any atom is -0.381 e. The maximum atomic E-state index is 12.6. The molecule has 0 spiro atoms. The van der Waals surface area contributed by atoms with Gasteiger partial charge < -0.3 is 20.7 Å². The molecule has 116 valence electrons. The molecule has 1 aliphatic heterocycles. The Bertz CT molecular complexity index is 508. The molecular formula is C16H25N3O2. The molecule has 3 N–H and O–H groups in total. The number of anilines is 2. The van der Waals surface area contributed by atoms with Crippen molar-refractivity contribution in [1.29, 1.82) is 0 Å². The molecule has 1 aromatic carbocycles. The first-order chi connectivity index (χ1) is 9.98. The van der Waals surface area contributed by atoms with Gasteiger partial charge >= 0.3 is 0 Å². The average molecular weight is 291 g/mol. The monoisotopic (exact) mass is 291 g/mol. The van der Waals surface area contributed by atoms with Gasteiger partial charge in [-0.25, -0.2) is 0 Å². The molecule has 0 aliphatic carbocycles. The van der Waals surface area contributed by atoms with Crippen molar-refractivity contribution in [3.63, 3.8) is 0 Å². The fraction of sp³-hybridized carbons (Fsp3) is 0.562. The van der Waals surface area contributed by atoms with E-state index >= 15 is 0 Å². The lowest BCUT2D eigenvalue weighted by Crippen LogP contribution is -2.46. The second-order valence-electron chi connectivity index (χ2n) is 5.95. The fourth-order valence-corrected chi connectivity index (χ4v) is 2.72. The number of rotatable bonds is 4. The molecule has 0 bridgehead atoms. The van der Waals surface area contributed by atoms with E-state index in [0.717, 1.165) is 11.4 Å². The lowest BCUT2D eigenvalue weighted by Gasteiger charge is -2.34. The lowest BCUT2D eigenvalue weighted by atomic mass is 9.79. The molecule has 1 aliphatic rings. The topological polar surface area (TPSA) is 67.6 Å². The number of carbonyl (C=O) groups excluding carboxylic acids is 1. The Morgan fingerprint density at radius 3 is 2.62 bits per heavy atom. The zero-order valence-corrected chi connectivity index (χ0v) is 13.1. The number of hydrogen-bond acceptors (Lipinski definition) is 4. The van der Waals surface area contributed by atoms with Crippen molar-refractivity contribution in [2.75, 3.05) is 44.1 Å². The zero-order valence-electron chi connectivity index (χ0n) is 13.1. The summed E-state index contributed by atoms with van der Waals surface area (Å²) in [5.41, 5.74) is 8.46. The summed E-state index contributed by atoms with van der Waals surface area (Å²) in [5.74, 6) is 0.00172. The van der Waals surface area contributed by atoms with Crippen molar-refractivity contribution >= 4 is 17.3 Å². The molecule has 5 heteroatoms. The number of ether oxygens (including phenoxy) is 1. The highest BCUT2D eigenvalue weighted by molar-refractivity contribution is 5.96. The first-order valence-electron chi connectivity index (χ1n) is 7.36. The molecule has 21 heavy (non-hydrogen) atoms. The third kappa shape index (κ3) is 3.36. The second kappa shape index (κ2) is 6.45. The van der Waals surface area contributed by atoms with E-state index in [1.54, 1.807) is 0 Å². The van der Waals surface area contributed by atoms with E-state index in [4.69, 9.17) is 10.5 Å². The van der Waals surface area contributed by atoms with E-state index in [2.05, 4.69) is 12.2 Å². The molecular weight excluding hydrogens is 266 g/mol. The van der Waals surface area contributed by atoms with E-state index < -0.39 is 5.41 Å². The van der Waals surface area contributed by atoms with Gasteiger partial charge in [0, 0.05) is 45.2 Å². The Balaban J connectivity index is 2.17. The smallest absolute Gasteiger partial charge is 0.232 e. The molecule has 1 aromatic rings. The van der Waals surface area contributed by atoms with Crippen LogP contribution in [0.1, 0.15) is 18.4 Å². The molecule has 0 unspecified atom stereocenters. The SMILES string of the molecule is Cc1ccc(NC(=O)C2(CN)CCOCC2)cc1N(C)C. The molecule has 1 amide bonds. The number of nitrogens with two attached hydrogens (primary N) is 1. The predicted octanol–water partition coefficient (Wildman–Crippen LogP) is 1.76. The van der Waals surface area contributed by atoms with Crippen molar-refractivity contribution in [3.05, 3.63) is 23.8 Å². The number of benzene rings is 1. The van der Waals surface area contributed by atoms with Crippen molar-refractivity contribution in [2.45, 2.75) is 19.8 Å². The van der Waals surface area contributed by atoms with Crippen LogP contribution in [0.5, 0.6) is 0 Å². The molecule has 0 atom stereocenters. The average Bonchev–Trinajstić information content (AvgIpc) is 2.49. The van der Waals surface area contributed by atoms with Crippen molar-refractivity contribution < 1.29 is 9.53 Å². The third-order valence-corrected chi connectivity index (χ3v) is 4.27. The number of nitrogens with zero attached hydrogens (tertiary/aromatic N) is 1. The Hall–Kier alpha value is -1.59. The van der Waals surface area contributed by atoms with Gasteiger partial charge in [-0.2, -0.15) is 0 Å². The number of nitrogens with one attached hydrogen (secondary N) is 1. The molecule has 5 nitrogen and oxygen atoms in total. The summed E-state index contributed by atoms with van der Waals surface area (Å²) >= 11 is 0. The molecule has 0 aromatic heterocycles. The van der Waals surface area contributed by atoms with Crippen LogP contribution in [0.15, 0.2) is 18.2 Å². The molecule has 2 rings (SSSR count). The first-order valence-corrected chi connectivity index (χ1v) is 7.36. The summed E-state index contributed by atoms with van der Waals surface area (Å²) in [6.07, 6.45) is 1.36. The Kier molecular flexibility index (Phi) is 4.85. The highest BCUT2D eigenvalue weighted by atomic mass is 16.5. The van der Waals surface area contributed by atoms with Gasteiger partial charge in [0.2, 0.25) is 5.91 Å². The van der Waals surface area contributed by atoms with E-state index in [-0.39, 0.29) is 5.91 Å². The predicted molar refractivity (Wildman–Crippen MR) is 85.7 cm³/mol. The van der Waals surface area contributed by atoms with Gasteiger partial charge in [-0.1, -0.05) is 6.07 Å². The molecule has 0 radical (unpaired) electrons. The molecule has 0 saturated carbocycles. The van der Waals surface area contributed by atoms with E-state index in [9.17, 15) is 4.79 Å². The maximum Gasteiger partial charge on any atom is 0.232 e. The van der Waals surface area contributed by atoms with Gasteiger partial charge in [0.05, 0.1) is 5.41 Å². The quantitative estimate of drug-likeness (QED) is 0.887. The molecule has 1 fully saturated rings. The fourth-order valence-electron chi connectivity index (χ4n) is 2.72. The van der Waals surface area contributed by atoms with Gasteiger partial charge in [-0.05, 0) is 37.5 Å². The summed E-state index contributed by atoms with van der Waals surface area (Å²) in [4.78, 5) is 14.7. The zero-order chi connectivity index (χ0) is 15.5. The highest BCUT2D eigenvalue weighted by Gasteiger charge is 2.38. The Labute approximate surface area is 126 Å². The van der Waals surface area contributed by atoms with Gasteiger partial charge in [-0.15, -0.1) is 0 Å². The minimum atomic E-state index is -0.499. The van der Waals surface area contributed by atoms with E-state index in [1.807, 2.05) is 37.2 Å². The van der Waals surface area contributed by atoms with E-state index in [0.29, 0.717) is 32.6 Å². The standard InChI is InChI=1S/C16H25N3O2/c1-12-4-5-13(10-14(12)19(2)3)18-15(20)16(11-17)6-8-21-9-7-16/h4-5,10H,6-9,11,17H2,1-3H3,(H,18,20). The van der Waals surface area contributed by atoms with Crippen LogP contribution in [0.4, 0.5) is 11.4 Å². The Morgan fingerprint density at radius 2 is 2.05 bits per heavy atom. The summed E-state index contributed by atoms with van der Waals surface area (Å²) < 4.78 is 5.35. The summed E-state index contributed by atoms with van der Waals surface area (Å²) in [5, 5.41) is 3.02. The van der Waals surface area contributed by atoms with Crippen LogP contribution in [0.25, 0.3) is 0 Å². The van der Waals surface area contributed by atoms with Gasteiger partial charge in [0.1, 0.15) is 0 Å². The van der Waals surface area contributed by atoms with Crippen molar-refractivity contribution in [3.8, 4) is 0 Å². The number of carbonyl (C=O) groups is 1. The van der Waals surface area contributed by atoms with Crippen molar-refractivity contribution in [2.24, 2.45) is 11.1 Å². The molecule has 1 heterocycles. The number of aryl methyl sites for hydroxylation is 1. The minimum absolute atomic E-state index is 0.00172. The largest absolute Gasteiger partial charge is 0.381 e. The van der Waals surface area contributed by atoms with Crippen LogP contribution >= 0.6 is 0 Å². The van der Waals surface area contributed by atoms with Crippen LogP contribution in [-0.4, -0.2) is 39.8 Å². The van der Waals surface area contributed by atoms with Crippen LogP contribution in [0, 0.1) is 12.3 Å². The third-order valence-electron chi connectivity index (χ3n) is 4.27. The molecule has 1 saturated heterocycles. The van der Waals surface area contributed by atoms with Crippen molar-refractivity contribution in [1.82, 2.24) is 0 Å². The first kappa shape index (κ1) is 15.8. The van der Waals surface area contributed by atoms with Crippen LogP contribution in [-0.2, 0) is 9.53 Å². The lowest BCUT2D eigenvalue weighted by molar-refractivity contribution is -0.130. The summed E-state index contributed by atoms with van der Waals surface area (Å²) in [6.45, 7) is 3.61. The Morgan fingerprint density at radius 1 is 1.38 bits per heavy atom. The van der Waals surface area contributed by atoms with Crippen LogP contribution in [0.2, 0.25) is 0 Å². The van der Waals surface area contributed by atoms with Crippen LogP contribution in [0.3, 0.4) is 0 Å². The second-order valence-corrected chi connectivity index (χ2v) is 5.95. The van der Waals surface area contributed by atoms with E-state index in [1.165, 1.54) is 5.56 Å².